The maximum Gasteiger partial charge on any atom is 0.331 e. The van der Waals surface area contributed by atoms with Gasteiger partial charge in [0.2, 0.25) is 0 Å². The van der Waals surface area contributed by atoms with Crippen molar-refractivity contribution in [2.75, 3.05) is 5.32 Å². The molecule has 2 aromatic rings. The lowest BCUT2D eigenvalue weighted by molar-refractivity contribution is 0.101. The molecule has 0 fully saturated rings. The average molecular weight is 383 g/mol. The van der Waals surface area contributed by atoms with Crippen molar-refractivity contribution >= 4 is 23.4 Å². The molecule has 0 bridgehead atoms. The number of nitrogens with two attached hydrogens (primary N) is 1. The first kappa shape index (κ1) is 20.1. The van der Waals surface area contributed by atoms with Gasteiger partial charge in [0, 0.05) is 35.3 Å². The van der Waals surface area contributed by atoms with Crippen molar-refractivity contribution in [2.45, 2.75) is 13.5 Å². The lowest BCUT2D eigenvalue weighted by Gasteiger charge is -2.09. The molecule has 2 aromatic carbocycles. The van der Waals surface area contributed by atoms with E-state index in [0.717, 1.165) is 6.21 Å². The lowest BCUT2D eigenvalue weighted by Crippen LogP contribution is -2.16. The lowest BCUT2D eigenvalue weighted by atomic mass is 10.0. The Labute approximate surface area is 151 Å². The number of hydrogen-bond acceptors (Lipinski definition) is 3. The summed E-state index contributed by atoms with van der Waals surface area (Å²) in [5.41, 5.74) is 5.84. The van der Waals surface area contributed by atoms with Crippen molar-refractivity contribution in [3.63, 3.8) is 0 Å². The Kier molecular flexibility index (Phi) is 6.27. The molecule has 142 valence electrons. The topological polar surface area (TPSA) is 67.5 Å². The molecule has 2 rings (SSSR count). The van der Waals surface area contributed by atoms with E-state index in [2.05, 4.69) is 10.3 Å². The molecule has 0 aromatic heterocycles. The summed E-state index contributed by atoms with van der Waals surface area (Å²) in [6.45, 7) is -1.39. The van der Waals surface area contributed by atoms with Gasteiger partial charge in [0.15, 0.2) is 0 Å². The minimum Gasteiger partial charge on any atom is -0.402 e. The van der Waals surface area contributed by atoms with Gasteiger partial charge in [-0.3, -0.25) is 4.79 Å². The van der Waals surface area contributed by atoms with E-state index >= 15 is 0 Å². The number of allylic oxidation sites excluding steroid dienone is 2. The van der Waals surface area contributed by atoms with Gasteiger partial charge in [0.25, 0.3) is 5.91 Å². The molecule has 0 saturated heterocycles. The first-order valence-corrected chi connectivity index (χ1v) is 7.53. The number of benzene rings is 2. The van der Waals surface area contributed by atoms with Crippen LogP contribution in [0.2, 0.25) is 0 Å². The van der Waals surface area contributed by atoms with E-state index in [1.165, 1.54) is 31.2 Å². The van der Waals surface area contributed by atoms with E-state index in [-0.39, 0.29) is 17.0 Å². The molecule has 0 unspecified atom stereocenters. The highest BCUT2D eigenvalue weighted by atomic mass is 19.3. The summed E-state index contributed by atoms with van der Waals surface area (Å²) in [7, 11) is 0. The van der Waals surface area contributed by atoms with Crippen LogP contribution in [-0.4, -0.2) is 18.7 Å². The number of rotatable bonds is 5. The van der Waals surface area contributed by atoms with Gasteiger partial charge in [-0.25, -0.2) is 18.2 Å². The summed E-state index contributed by atoms with van der Waals surface area (Å²) < 4.78 is 64.7. The predicted octanol–water partition coefficient (Wildman–Crippen LogP) is 4.34. The van der Waals surface area contributed by atoms with Gasteiger partial charge in [0.05, 0.1) is 0 Å². The SMILES string of the molecule is C/C(N)=C(/C=N/C(F)F)c1ccc(NC(=O)c2c(F)cc(F)cc2F)cc1. The second-order valence-electron chi connectivity index (χ2n) is 5.43. The van der Waals surface area contributed by atoms with Gasteiger partial charge >= 0.3 is 6.55 Å². The van der Waals surface area contributed by atoms with Crippen LogP contribution in [0.4, 0.5) is 27.6 Å². The fraction of sp³-hybridized carbons (Fsp3) is 0.111. The molecule has 0 saturated carbocycles. The average Bonchev–Trinajstić information content (AvgIpc) is 2.55. The van der Waals surface area contributed by atoms with Crippen LogP contribution in [0.25, 0.3) is 5.57 Å². The van der Waals surface area contributed by atoms with Crippen molar-refractivity contribution in [3.8, 4) is 0 Å². The Morgan fingerprint density at radius 1 is 1.11 bits per heavy atom. The zero-order chi connectivity index (χ0) is 20.1. The molecule has 1 amide bonds. The smallest absolute Gasteiger partial charge is 0.331 e. The van der Waals surface area contributed by atoms with Gasteiger partial charge in [-0.1, -0.05) is 12.1 Å². The number of carbonyl (C=O) groups excluding carboxylic acids is 1. The zero-order valence-electron chi connectivity index (χ0n) is 13.9. The van der Waals surface area contributed by atoms with E-state index < -0.39 is 35.5 Å². The number of alkyl halides is 2. The Morgan fingerprint density at radius 3 is 2.15 bits per heavy atom. The van der Waals surface area contributed by atoms with E-state index in [0.29, 0.717) is 17.7 Å². The number of nitrogens with one attached hydrogen (secondary N) is 1. The standard InChI is InChI=1S/C18H14F5N3O/c1-9(24)13(8-25-18(22)23)10-2-4-12(5-3-10)26-17(27)16-14(20)6-11(19)7-15(16)21/h2-8,18H,24H2,1H3,(H,26,27)/b13-9+,25-8+. The highest BCUT2D eigenvalue weighted by Gasteiger charge is 2.19. The Balaban J connectivity index is 2.23. The molecule has 27 heavy (non-hydrogen) atoms. The number of anilines is 1. The molecule has 4 nitrogen and oxygen atoms in total. The maximum absolute atomic E-state index is 13.6. The molecule has 0 atom stereocenters. The third-order valence-corrected chi connectivity index (χ3v) is 3.43. The van der Waals surface area contributed by atoms with E-state index in [1.54, 1.807) is 0 Å². The second-order valence-corrected chi connectivity index (χ2v) is 5.43. The molecule has 0 aliphatic carbocycles. The van der Waals surface area contributed by atoms with E-state index in [1.807, 2.05) is 0 Å². The first-order chi connectivity index (χ1) is 12.7. The molecular formula is C18H14F5N3O. The summed E-state index contributed by atoms with van der Waals surface area (Å²) in [6, 6.07) is 6.46. The van der Waals surface area contributed by atoms with Gasteiger partial charge in [-0.05, 0) is 24.6 Å². The predicted molar refractivity (Wildman–Crippen MR) is 92.0 cm³/mol. The molecule has 0 aliphatic heterocycles. The van der Waals surface area contributed by atoms with Crippen molar-refractivity contribution in [3.05, 3.63) is 70.7 Å². The molecule has 0 heterocycles. The number of carbonyl (C=O) groups is 1. The van der Waals surface area contributed by atoms with E-state index in [9.17, 15) is 26.7 Å². The number of nitrogens with zero attached hydrogens (tertiary/aromatic N) is 1. The normalized spacial score (nSPS) is 12.4. The number of aliphatic imine (C=N–C) groups is 1. The highest BCUT2D eigenvalue weighted by Crippen LogP contribution is 2.20. The second kappa shape index (κ2) is 8.43. The fourth-order valence-corrected chi connectivity index (χ4v) is 2.22. The molecule has 3 N–H and O–H groups in total. The molecular weight excluding hydrogens is 369 g/mol. The Bertz CT molecular complexity index is 881. The molecule has 0 radical (unpaired) electrons. The minimum absolute atomic E-state index is 0.173. The largest absolute Gasteiger partial charge is 0.402 e. The summed E-state index contributed by atoms with van der Waals surface area (Å²) in [5, 5.41) is 2.26. The summed E-state index contributed by atoms with van der Waals surface area (Å²) >= 11 is 0. The van der Waals surface area contributed by atoms with Crippen LogP contribution in [0.15, 0.2) is 47.1 Å². The summed E-state index contributed by atoms with van der Waals surface area (Å²) in [4.78, 5) is 15.0. The van der Waals surface area contributed by atoms with Crippen LogP contribution in [0.3, 0.4) is 0 Å². The summed E-state index contributed by atoms with van der Waals surface area (Å²) in [5.74, 6) is -4.93. The van der Waals surface area contributed by atoms with Crippen LogP contribution in [0.5, 0.6) is 0 Å². The molecule has 9 heteroatoms. The Hall–Kier alpha value is -3.23. The minimum atomic E-state index is -2.89. The quantitative estimate of drug-likeness (QED) is 0.458. The third-order valence-electron chi connectivity index (χ3n) is 3.43. The van der Waals surface area contributed by atoms with Crippen molar-refractivity contribution in [2.24, 2.45) is 10.7 Å². The first-order valence-electron chi connectivity index (χ1n) is 7.53. The zero-order valence-corrected chi connectivity index (χ0v) is 13.9. The van der Waals surface area contributed by atoms with Crippen LogP contribution in [0, 0.1) is 17.5 Å². The van der Waals surface area contributed by atoms with Crippen molar-refractivity contribution < 1.29 is 26.7 Å². The number of hydrogen-bond donors (Lipinski definition) is 2. The van der Waals surface area contributed by atoms with Gasteiger partial charge in [-0.2, -0.15) is 8.78 Å². The highest BCUT2D eigenvalue weighted by molar-refractivity contribution is 6.11. The van der Waals surface area contributed by atoms with E-state index in [4.69, 9.17) is 5.73 Å². The number of halogens is 5. The maximum atomic E-state index is 13.6. The monoisotopic (exact) mass is 383 g/mol. The van der Waals surface area contributed by atoms with Gasteiger partial charge < -0.3 is 11.1 Å². The van der Waals surface area contributed by atoms with Crippen molar-refractivity contribution in [1.29, 1.82) is 0 Å². The van der Waals surface area contributed by atoms with Crippen LogP contribution >= 0.6 is 0 Å². The summed E-state index contributed by atoms with van der Waals surface area (Å²) in [6.07, 6.45) is 0.927. The van der Waals surface area contributed by atoms with Crippen LogP contribution in [0.1, 0.15) is 22.8 Å². The van der Waals surface area contributed by atoms with Gasteiger partial charge in [-0.15, -0.1) is 0 Å². The Morgan fingerprint density at radius 2 is 1.67 bits per heavy atom. The van der Waals surface area contributed by atoms with Crippen molar-refractivity contribution in [1.82, 2.24) is 0 Å². The molecule has 0 spiro atoms. The van der Waals surface area contributed by atoms with Gasteiger partial charge in [0.1, 0.15) is 23.0 Å². The van der Waals surface area contributed by atoms with Crippen LogP contribution < -0.4 is 11.1 Å². The number of amides is 1. The fourth-order valence-electron chi connectivity index (χ4n) is 2.22. The molecule has 0 aliphatic rings. The third kappa shape index (κ3) is 5.13. The van der Waals surface area contributed by atoms with Crippen LogP contribution in [-0.2, 0) is 0 Å².